The number of nitrogens with one attached hydrogen (secondary N) is 2. The molecule has 22 heavy (non-hydrogen) atoms. The summed E-state index contributed by atoms with van der Waals surface area (Å²) in [6.07, 6.45) is 3.59. The molecule has 1 saturated carbocycles. The summed E-state index contributed by atoms with van der Waals surface area (Å²) in [6.45, 7) is 4.06. The summed E-state index contributed by atoms with van der Waals surface area (Å²) in [6, 6.07) is 10.2. The molecular weight excluding hydrogens is 278 g/mol. The molecule has 0 atom stereocenters. The first kappa shape index (κ1) is 16.6. The van der Waals surface area contributed by atoms with Gasteiger partial charge in [-0.1, -0.05) is 18.2 Å². The highest BCUT2D eigenvalue weighted by atomic mass is 16.5. The van der Waals surface area contributed by atoms with E-state index in [0.717, 1.165) is 43.9 Å². The van der Waals surface area contributed by atoms with Crippen molar-refractivity contribution >= 4 is 5.96 Å². The minimum atomic E-state index is -0.128. The molecular formula is C17H27N3O2. The van der Waals surface area contributed by atoms with Crippen LogP contribution >= 0.6 is 0 Å². The first-order chi connectivity index (χ1) is 10.8. The molecule has 0 aliphatic heterocycles. The van der Waals surface area contributed by atoms with E-state index >= 15 is 0 Å². The van der Waals surface area contributed by atoms with Gasteiger partial charge in [0.05, 0.1) is 12.6 Å². The van der Waals surface area contributed by atoms with Crippen LogP contribution in [0.5, 0.6) is 5.75 Å². The Labute approximate surface area is 132 Å². The van der Waals surface area contributed by atoms with Crippen LogP contribution in [0.15, 0.2) is 35.3 Å². The lowest BCUT2D eigenvalue weighted by Crippen LogP contribution is -2.45. The smallest absolute Gasteiger partial charge is 0.191 e. The Morgan fingerprint density at radius 2 is 1.95 bits per heavy atom. The molecule has 0 bridgehead atoms. The Balaban J connectivity index is 1.74. The van der Waals surface area contributed by atoms with Crippen LogP contribution in [0.1, 0.15) is 32.6 Å². The van der Waals surface area contributed by atoms with Crippen molar-refractivity contribution in [2.24, 2.45) is 4.99 Å². The van der Waals surface area contributed by atoms with Gasteiger partial charge in [0.2, 0.25) is 0 Å². The third kappa shape index (κ3) is 5.93. The van der Waals surface area contributed by atoms with E-state index in [2.05, 4.69) is 22.5 Å². The van der Waals surface area contributed by atoms with Gasteiger partial charge < -0.3 is 20.5 Å². The second-order valence-corrected chi connectivity index (χ2v) is 5.57. The van der Waals surface area contributed by atoms with E-state index in [0.29, 0.717) is 19.2 Å². The van der Waals surface area contributed by atoms with Gasteiger partial charge in [-0.3, -0.25) is 0 Å². The number of aliphatic imine (C=N–C) groups is 1. The molecule has 0 spiro atoms. The highest BCUT2D eigenvalue weighted by Gasteiger charge is 2.19. The predicted molar refractivity (Wildman–Crippen MR) is 89.3 cm³/mol. The van der Waals surface area contributed by atoms with Gasteiger partial charge in [-0.2, -0.15) is 0 Å². The van der Waals surface area contributed by atoms with Crippen LogP contribution in [0.4, 0.5) is 0 Å². The standard InChI is InChI=1S/C17H27N3O2/c1-2-18-17(20-14-8-10-15(21)11-9-14)19-12-13-22-16-6-4-3-5-7-16/h3-7,14-15,21H,2,8-13H2,1H3,(H2,18,19,20). The van der Waals surface area contributed by atoms with Gasteiger partial charge in [0.25, 0.3) is 0 Å². The topological polar surface area (TPSA) is 65.9 Å². The van der Waals surface area contributed by atoms with E-state index in [-0.39, 0.29) is 6.10 Å². The number of benzene rings is 1. The number of hydrogen-bond acceptors (Lipinski definition) is 3. The zero-order valence-electron chi connectivity index (χ0n) is 13.3. The Bertz CT molecular complexity index is 442. The maximum absolute atomic E-state index is 9.56. The lowest BCUT2D eigenvalue weighted by atomic mass is 9.93. The van der Waals surface area contributed by atoms with E-state index in [1.54, 1.807) is 0 Å². The largest absolute Gasteiger partial charge is 0.492 e. The van der Waals surface area contributed by atoms with Gasteiger partial charge in [0.15, 0.2) is 5.96 Å². The maximum Gasteiger partial charge on any atom is 0.191 e. The van der Waals surface area contributed by atoms with Crippen molar-refractivity contribution in [2.45, 2.75) is 44.8 Å². The molecule has 0 amide bonds. The Morgan fingerprint density at radius 3 is 2.64 bits per heavy atom. The molecule has 1 aliphatic carbocycles. The fourth-order valence-corrected chi connectivity index (χ4v) is 2.57. The summed E-state index contributed by atoms with van der Waals surface area (Å²) >= 11 is 0. The molecule has 5 heteroatoms. The average molecular weight is 305 g/mol. The molecule has 0 unspecified atom stereocenters. The van der Waals surface area contributed by atoms with Crippen LogP contribution in [-0.4, -0.2) is 42.9 Å². The summed E-state index contributed by atoms with van der Waals surface area (Å²) in [4.78, 5) is 4.55. The van der Waals surface area contributed by atoms with Gasteiger partial charge in [-0.25, -0.2) is 4.99 Å². The van der Waals surface area contributed by atoms with Crippen molar-refractivity contribution in [1.82, 2.24) is 10.6 Å². The number of guanidine groups is 1. The minimum absolute atomic E-state index is 0.128. The fraction of sp³-hybridized carbons (Fsp3) is 0.588. The van der Waals surface area contributed by atoms with Gasteiger partial charge in [-0.15, -0.1) is 0 Å². The number of aliphatic hydroxyl groups excluding tert-OH is 1. The molecule has 1 aromatic carbocycles. The highest BCUT2D eigenvalue weighted by molar-refractivity contribution is 5.80. The number of para-hydroxylation sites is 1. The van der Waals surface area contributed by atoms with Crippen LogP contribution < -0.4 is 15.4 Å². The number of aliphatic hydroxyl groups is 1. The third-order valence-electron chi connectivity index (χ3n) is 3.75. The number of ether oxygens (including phenoxy) is 1. The van der Waals surface area contributed by atoms with Crippen LogP contribution in [0.2, 0.25) is 0 Å². The van der Waals surface area contributed by atoms with E-state index in [9.17, 15) is 5.11 Å². The van der Waals surface area contributed by atoms with Gasteiger partial charge in [0, 0.05) is 12.6 Å². The lowest BCUT2D eigenvalue weighted by molar-refractivity contribution is 0.120. The zero-order valence-corrected chi connectivity index (χ0v) is 13.3. The molecule has 3 N–H and O–H groups in total. The van der Waals surface area contributed by atoms with Crippen molar-refractivity contribution in [1.29, 1.82) is 0 Å². The van der Waals surface area contributed by atoms with E-state index in [4.69, 9.17) is 4.74 Å². The molecule has 2 rings (SSSR count). The molecule has 0 aromatic heterocycles. The van der Waals surface area contributed by atoms with E-state index in [1.165, 1.54) is 0 Å². The van der Waals surface area contributed by atoms with Gasteiger partial charge in [0.1, 0.15) is 12.4 Å². The van der Waals surface area contributed by atoms with Crippen molar-refractivity contribution in [3.63, 3.8) is 0 Å². The normalized spacial score (nSPS) is 22.2. The third-order valence-corrected chi connectivity index (χ3v) is 3.75. The molecule has 5 nitrogen and oxygen atoms in total. The van der Waals surface area contributed by atoms with Crippen molar-refractivity contribution < 1.29 is 9.84 Å². The summed E-state index contributed by atoms with van der Waals surface area (Å²) < 4.78 is 5.64. The SMILES string of the molecule is CCNC(=NCCOc1ccccc1)NC1CCC(O)CC1. The number of hydrogen-bond donors (Lipinski definition) is 3. The number of rotatable bonds is 6. The van der Waals surface area contributed by atoms with Crippen molar-refractivity contribution in [3.05, 3.63) is 30.3 Å². The minimum Gasteiger partial charge on any atom is -0.492 e. The molecule has 1 aromatic rings. The zero-order chi connectivity index (χ0) is 15.6. The van der Waals surface area contributed by atoms with Crippen LogP contribution in [0, 0.1) is 0 Å². The maximum atomic E-state index is 9.56. The summed E-state index contributed by atoms with van der Waals surface area (Å²) in [5, 5.41) is 16.3. The van der Waals surface area contributed by atoms with E-state index < -0.39 is 0 Å². The second-order valence-electron chi connectivity index (χ2n) is 5.57. The van der Waals surface area contributed by atoms with Gasteiger partial charge >= 0.3 is 0 Å². The summed E-state index contributed by atoms with van der Waals surface area (Å²) in [5.41, 5.74) is 0. The first-order valence-electron chi connectivity index (χ1n) is 8.18. The summed E-state index contributed by atoms with van der Waals surface area (Å²) in [5.74, 6) is 1.71. The van der Waals surface area contributed by atoms with Crippen LogP contribution in [0.25, 0.3) is 0 Å². The second kappa shape index (κ2) is 9.30. The Morgan fingerprint density at radius 1 is 1.23 bits per heavy atom. The Kier molecular flexibility index (Phi) is 7.03. The molecule has 0 saturated heterocycles. The molecule has 1 fully saturated rings. The number of nitrogens with zero attached hydrogens (tertiary/aromatic N) is 1. The first-order valence-corrected chi connectivity index (χ1v) is 8.18. The average Bonchev–Trinajstić information content (AvgIpc) is 2.55. The van der Waals surface area contributed by atoms with Crippen LogP contribution in [-0.2, 0) is 0 Å². The molecule has 0 heterocycles. The fourth-order valence-electron chi connectivity index (χ4n) is 2.57. The van der Waals surface area contributed by atoms with Crippen molar-refractivity contribution in [3.8, 4) is 5.75 Å². The monoisotopic (exact) mass is 305 g/mol. The molecule has 122 valence electrons. The molecule has 1 aliphatic rings. The van der Waals surface area contributed by atoms with Crippen molar-refractivity contribution in [2.75, 3.05) is 19.7 Å². The Hall–Kier alpha value is -1.75. The lowest BCUT2D eigenvalue weighted by Gasteiger charge is -2.27. The highest BCUT2D eigenvalue weighted by Crippen LogP contribution is 2.18. The quantitative estimate of drug-likeness (QED) is 0.427. The van der Waals surface area contributed by atoms with Crippen LogP contribution in [0.3, 0.4) is 0 Å². The predicted octanol–water partition coefficient (Wildman–Crippen LogP) is 1.92. The molecule has 0 radical (unpaired) electrons. The van der Waals surface area contributed by atoms with Gasteiger partial charge in [-0.05, 0) is 44.7 Å². The summed E-state index contributed by atoms with van der Waals surface area (Å²) in [7, 11) is 0. The van der Waals surface area contributed by atoms with E-state index in [1.807, 2.05) is 30.3 Å².